The van der Waals surface area contributed by atoms with Gasteiger partial charge in [-0.15, -0.1) is 0 Å². The lowest BCUT2D eigenvalue weighted by Crippen LogP contribution is -2.22. The van der Waals surface area contributed by atoms with Gasteiger partial charge in [0.1, 0.15) is 11.6 Å². The molecule has 0 saturated carbocycles. The Morgan fingerprint density at radius 1 is 1.18 bits per heavy atom. The van der Waals surface area contributed by atoms with Gasteiger partial charge in [-0.1, -0.05) is 28.5 Å². The third kappa shape index (κ3) is 3.50. The molecular formula is C18H11ClF2N4O2S. The predicted octanol–water partition coefficient (Wildman–Crippen LogP) is 4.30. The molecule has 6 nitrogen and oxygen atoms in total. The van der Waals surface area contributed by atoms with Crippen molar-refractivity contribution in [3.05, 3.63) is 75.1 Å². The summed E-state index contributed by atoms with van der Waals surface area (Å²) < 4.78 is 33.9. The van der Waals surface area contributed by atoms with Crippen LogP contribution in [0.3, 0.4) is 0 Å². The summed E-state index contributed by atoms with van der Waals surface area (Å²) in [7, 11) is 0. The van der Waals surface area contributed by atoms with E-state index >= 15 is 0 Å². The number of hydrogen-bond acceptors (Lipinski definition) is 6. The molecule has 0 N–H and O–H groups in total. The largest absolute Gasteiger partial charge is 0.338 e. The number of aromatic nitrogens is 4. The summed E-state index contributed by atoms with van der Waals surface area (Å²) in [6, 6.07) is 7.63. The van der Waals surface area contributed by atoms with Crippen LogP contribution in [-0.2, 0) is 5.75 Å². The van der Waals surface area contributed by atoms with Gasteiger partial charge in [0.25, 0.3) is 5.56 Å². The van der Waals surface area contributed by atoms with E-state index in [0.717, 1.165) is 22.4 Å². The number of hydrogen-bond donors (Lipinski definition) is 0. The zero-order valence-electron chi connectivity index (χ0n) is 14.3. The molecule has 4 rings (SSSR count). The van der Waals surface area contributed by atoms with Crippen molar-refractivity contribution in [1.29, 1.82) is 0 Å². The van der Waals surface area contributed by atoms with E-state index in [9.17, 15) is 13.6 Å². The average molecular weight is 421 g/mol. The molecule has 0 bridgehead atoms. The molecule has 0 amide bonds. The quantitative estimate of drug-likeness (QED) is 0.362. The molecule has 142 valence electrons. The van der Waals surface area contributed by atoms with Crippen molar-refractivity contribution in [3.8, 4) is 5.69 Å². The van der Waals surface area contributed by atoms with Crippen molar-refractivity contribution in [1.82, 2.24) is 19.7 Å². The molecule has 2 heterocycles. The molecule has 0 fully saturated rings. The van der Waals surface area contributed by atoms with Crippen molar-refractivity contribution < 1.29 is 13.3 Å². The summed E-state index contributed by atoms with van der Waals surface area (Å²) in [5.74, 6) is -0.616. The highest BCUT2D eigenvalue weighted by Crippen LogP contribution is 2.26. The van der Waals surface area contributed by atoms with E-state index in [4.69, 9.17) is 16.1 Å². The zero-order valence-corrected chi connectivity index (χ0v) is 15.9. The Balaban J connectivity index is 1.90. The van der Waals surface area contributed by atoms with Gasteiger partial charge in [0.15, 0.2) is 11.0 Å². The number of benzene rings is 2. The predicted molar refractivity (Wildman–Crippen MR) is 101 cm³/mol. The van der Waals surface area contributed by atoms with Crippen molar-refractivity contribution in [2.24, 2.45) is 0 Å². The second-order valence-electron chi connectivity index (χ2n) is 5.82. The number of rotatable bonds is 4. The molecule has 0 unspecified atom stereocenters. The molecule has 2 aromatic carbocycles. The van der Waals surface area contributed by atoms with E-state index in [0.29, 0.717) is 28.3 Å². The van der Waals surface area contributed by atoms with Crippen LogP contribution < -0.4 is 5.56 Å². The van der Waals surface area contributed by atoms with Gasteiger partial charge < -0.3 is 4.52 Å². The van der Waals surface area contributed by atoms with Crippen LogP contribution in [0.5, 0.6) is 0 Å². The highest BCUT2D eigenvalue weighted by molar-refractivity contribution is 7.98. The summed E-state index contributed by atoms with van der Waals surface area (Å²) in [6.07, 6.45) is 0. The molecular weight excluding hydrogens is 410 g/mol. The number of halogens is 3. The SMILES string of the molecule is Cc1noc(CSc2nc3ccc(Cl)cc3c(=O)n2-c2ccc(F)cc2F)n1. The Morgan fingerprint density at radius 2 is 2.00 bits per heavy atom. The van der Waals surface area contributed by atoms with Gasteiger partial charge in [0.05, 0.1) is 22.3 Å². The summed E-state index contributed by atoms with van der Waals surface area (Å²) in [5, 5.41) is 4.46. The second-order valence-corrected chi connectivity index (χ2v) is 7.20. The minimum Gasteiger partial charge on any atom is -0.338 e. The molecule has 28 heavy (non-hydrogen) atoms. The summed E-state index contributed by atoms with van der Waals surface area (Å²) >= 11 is 7.11. The maximum atomic E-state index is 14.4. The lowest BCUT2D eigenvalue weighted by Gasteiger charge is -2.13. The van der Waals surface area contributed by atoms with Crippen molar-refractivity contribution in [2.75, 3.05) is 0 Å². The summed E-state index contributed by atoms with van der Waals surface area (Å²) in [6.45, 7) is 1.68. The normalized spacial score (nSPS) is 11.3. The smallest absolute Gasteiger partial charge is 0.266 e. The third-order valence-corrected chi connectivity index (χ3v) is 5.00. The van der Waals surface area contributed by atoms with Crippen LogP contribution in [0.4, 0.5) is 8.78 Å². The first kappa shape index (κ1) is 18.6. The first-order valence-electron chi connectivity index (χ1n) is 8.02. The number of aryl methyl sites for hydroxylation is 1. The van der Waals surface area contributed by atoms with E-state index < -0.39 is 17.2 Å². The first-order valence-corrected chi connectivity index (χ1v) is 9.38. The highest BCUT2D eigenvalue weighted by atomic mass is 35.5. The average Bonchev–Trinajstić information content (AvgIpc) is 3.07. The molecule has 2 aromatic heterocycles. The molecule has 10 heteroatoms. The third-order valence-electron chi connectivity index (χ3n) is 3.84. The van der Waals surface area contributed by atoms with Crippen LogP contribution in [0.1, 0.15) is 11.7 Å². The fraction of sp³-hybridized carbons (Fsp3) is 0.111. The van der Waals surface area contributed by atoms with Gasteiger partial charge in [0.2, 0.25) is 5.89 Å². The van der Waals surface area contributed by atoms with E-state index in [1.807, 2.05) is 0 Å². The van der Waals surface area contributed by atoms with E-state index in [1.165, 1.54) is 12.1 Å². The minimum absolute atomic E-state index is 0.120. The minimum atomic E-state index is -0.888. The lowest BCUT2D eigenvalue weighted by atomic mass is 10.2. The number of fused-ring (bicyclic) bond motifs is 1. The van der Waals surface area contributed by atoms with Crippen LogP contribution in [0.25, 0.3) is 16.6 Å². The summed E-state index contributed by atoms with van der Waals surface area (Å²) in [5.41, 5.74) is -0.246. The van der Waals surface area contributed by atoms with E-state index in [-0.39, 0.29) is 22.0 Å². The number of nitrogens with zero attached hydrogens (tertiary/aromatic N) is 4. The molecule has 0 aliphatic heterocycles. The lowest BCUT2D eigenvalue weighted by molar-refractivity contribution is 0.387. The van der Waals surface area contributed by atoms with Crippen molar-refractivity contribution in [2.45, 2.75) is 17.8 Å². The molecule has 0 spiro atoms. The van der Waals surface area contributed by atoms with Gasteiger partial charge in [-0.05, 0) is 37.3 Å². The van der Waals surface area contributed by atoms with E-state index in [1.54, 1.807) is 19.1 Å². The van der Waals surface area contributed by atoms with Gasteiger partial charge in [-0.25, -0.2) is 13.8 Å². The van der Waals surface area contributed by atoms with Crippen LogP contribution in [0.15, 0.2) is 50.9 Å². The maximum absolute atomic E-state index is 14.4. The van der Waals surface area contributed by atoms with Crippen LogP contribution in [-0.4, -0.2) is 19.7 Å². The summed E-state index contributed by atoms with van der Waals surface area (Å²) in [4.78, 5) is 21.6. The monoisotopic (exact) mass is 420 g/mol. The topological polar surface area (TPSA) is 73.8 Å². The van der Waals surface area contributed by atoms with Gasteiger partial charge in [-0.2, -0.15) is 4.98 Å². The molecule has 0 radical (unpaired) electrons. The van der Waals surface area contributed by atoms with E-state index in [2.05, 4.69) is 15.1 Å². The fourth-order valence-corrected chi connectivity index (χ4v) is 3.65. The molecule has 0 saturated heterocycles. The molecule has 0 aliphatic carbocycles. The van der Waals surface area contributed by atoms with Gasteiger partial charge in [0, 0.05) is 11.1 Å². The number of thioether (sulfide) groups is 1. The molecule has 0 atom stereocenters. The van der Waals surface area contributed by atoms with Crippen LogP contribution in [0.2, 0.25) is 5.02 Å². The van der Waals surface area contributed by atoms with Gasteiger partial charge in [-0.3, -0.25) is 9.36 Å². The maximum Gasteiger partial charge on any atom is 0.266 e. The Kier molecular flexibility index (Phi) is 4.86. The first-order chi connectivity index (χ1) is 13.4. The van der Waals surface area contributed by atoms with Crippen molar-refractivity contribution >= 4 is 34.3 Å². The van der Waals surface area contributed by atoms with Crippen molar-refractivity contribution in [3.63, 3.8) is 0 Å². The second kappa shape index (κ2) is 7.33. The molecule has 4 aromatic rings. The fourth-order valence-electron chi connectivity index (χ4n) is 2.63. The zero-order chi connectivity index (χ0) is 19.8. The standard InChI is InChI=1S/C18H11ClF2N4O2S/c1-9-22-16(27-24-9)8-28-18-23-14-4-2-10(19)6-12(14)17(26)25(18)15-5-3-11(20)7-13(15)21/h2-7H,8H2,1H3. The Labute approximate surface area is 166 Å². The Morgan fingerprint density at radius 3 is 2.71 bits per heavy atom. The van der Waals surface area contributed by atoms with Crippen LogP contribution in [0, 0.1) is 18.6 Å². The Hall–Kier alpha value is -2.78. The van der Waals surface area contributed by atoms with Gasteiger partial charge >= 0.3 is 0 Å². The highest BCUT2D eigenvalue weighted by Gasteiger charge is 2.18. The molecule has 0 aliphatic rings. The Bertz CT molecular complexity index is 1260. The van der Waals surface area contributed by atoms with Crippen LogP contribution >= 0.6 is 23.4 Å².